The molecule has 0 saturated heterocycles. The Morgan fingerprint density at radius 2 is 1.69 bits per heavy atom. The molecule has 5 heteroatoms. The molecule has 4 rings (SSSR count). The van der Waals surface area contributed by atoms with E-state index in [4.69, 9.17) is 9.72 Å². The topological polar surface area (TPSA) is 43.6 Å². The highest BCUT2D eigenvalue weighted by Crippen LogP contribution is 2.38. The number of benzene rings is 2. The van der Waals surface area contributed by atoms with Gasteiger partial charge >= 0.3 is 5.97 Å². The number of hydrogen-bond donors (Lipinski definition) is 0. The summed E-state index contributed by atoms with van der Waals surface area (Å²) in [6, 6.07) is 23.4. The van der Waals surface area contributed by atoms with E-state index in [9.17, 15) is 4.79 Å². The quantitative estimate of drug-likeness (QED) is 0.484. The number of nitrogens with zero attached hydrogens (tertiary/aromatic N) is 2. The lowest BCUT2D eigenvalue weighted by molar-refractivity contribution is 0.0597. The third-order valence-electron chi connectivity index (χ3n) is 4.03. The molecule has 0 spiro atoms. The Labute approximate surface area is 155 Å². The van der Waals surface area contributed by atoms with Gasteiger partial charge in [-0.3, -0.25) is 4.40 Å². The van der Waals surface area contributed by atoms with E-state index in [0.29, 0.717) is 5.56 Å². The average Bonchev–Trinajstić information content (AvgIpc) is 3.07. The predicted octanol–water partition coefficient (Wildman–Crippen LogP) is 4.94. The number of esters is 1. The lowest BCUT2D eigenvalue weighted by atomic mass is 10.2. The van der Waals surface area contributed by atoms with Crippen LogP contribution in [-0.2, 0) is 4.74 Å². The SMILES string of the molecule is COC(=O)c1ccccc1Sc1c(-c2ccccc2)nc2ccccn12. The van der Waals surface area contributed by atoms with E-state index in [-0.39, 0.29) is 5.97 Å². The molecule has 0 saturated carbocycles. The molecule has 0 unspecified atom stereocenters. The summed E-state index contributed by atoms with van der Waals surface area (Å²) in [7, 11) is 1.40. The van der Waals surface area contributed by atoms with Gasteiger partial charge in [0.2, 0.25) is 0 Å². The first-order valence-electron chi connectivity index (χ1n) is 8.15. The van der Waals surface area contributed by atoms with Crippen molar-refractivity contribution in [3.05, 3.63) is 84.6 Å². The fourth-order valence-electron chi connectivity index (χ4n) is 2.79. The second-order valence-corrected chi connectivity index (χ2v) is 6.68. The van der Waals surface area contributed by atoms with Crippen molar-refractivity contribution < 1.29 is 9.53 Å². The van der Waals surface area contributed by atoms with Gasteiger partial charge in [0.05, 0.1) is 12.7 Å². The maximum atomic E-state index is 12.1. The van der Waals surface area contributed by atoms with Crippen LogP contribution in [0.2, 0.25) is 0 Å². The van der Waals surface area contributed by atoms with Crippen LogP contribution in [0.4, 0.5) is 0 Å². The molecule has 0 aliphatic carbocycles. The molecule has 0 amide bonds. The van der Waals surface area contributed by atoms with Crippen molar-refractivity contribution >= 4 is 23.4 Å². The number of pyridine rings is 1. The van der Waals surface area contributed by atoms with Crippen molar-refractivity contribution in [2.45, 2.75) is 9.92 Å². The van der Waals surface area contributed by atoms with Gasteiger partial charge in [0.25, 0.3) is 0 Å². The zero-order chi connectivity index (χ0) is 17.9. The Kier molecular flexibility index (Phi) is 4.46. The first kappa shape index (κ1) is 16.4. The van der Waals surface area contributed by atoms with Gasteiger partial charge in [-0.1, -0.05) is 60.3 Å². The fourth-order valence-corrected chi connectivity index (χ4v) is 3.92. The average molecular weight is 360 g/mol. The first-order chi connectivity index (χ1) is 12.8. The van der Waals surface area contributed by atoms with Gasteiger partial charge in [-0.2, -0.15) is 0 Å². The fraction of sp³-hybridized carbons (Fsp3) is 0.0476. The molecule has 4 nitrogen and oxygen atoms in total. The molecule has 26 heavy (non-hydrogen) atoms. The predicted molar refractivity (Wildman–Crippen MR) is 103 cm³/mol. The Hall–Kier alpha value is -3.05. The van der Waals surface area contributed by atoms with Gasteiger partial charge in [-0.25, -0.2) is 9.78 Å². The maximum Gasteiger partial charge on any atom is 0.339 e. The second kappa shape index (κ2) is 7.06. The summed E-state index contributed by atoms with van der Waals surface area (Å²) in [4.78, 5) is 17.8. The summed E-state index contributed by atoms with van der Waals surface area (Å²) in [6.45, 7) is 0. The standard InChI is InChI=1S/C21H16N2O2S/c1-25-21(24)16-11-5-6-12-17(16)26-20-19(15-9-3-2-4-10-15)22-18-13-7-8-14-23(18)20/h2-14H,1H3. The van der Waals surface area contributed by atoms with Crippen molar-refractivity contribution in [1.29, 1.82) is 0 Å². The minimum absolute atomic E-state index is 0.344. The van der Waals surface area contributed by atoms with Gasteiger partial charge < -0.3 is 4.74 Å². The van der Waals surface area contributed by atoms with Gasteiger partial charge in [0.15, 0.2) is 0 Å². The number of ether oxygens (including phenoxy) is 1. The van der Waals surface area contributed by atoms with E-state index in [1.807, 2.05) is 77.3 Å². The van der Waals surface area contributed by atoms with E-state index in [0.717, 1.165) is 26.8 Å². The molecule has 0 radical (unpaired) electrons. The summed E-state index contributed by atoms with van der Waals surface area (Å²) in [6.07, 6.45) is 1.98. The number of rotatable bonds is 4. The number of hydrogen-bond acceptors (Lipinski definition) is 4. The van der Waals surface area contributed by atoms with E-state index >= 15 is 0 Å². The summed E-state index contributed by atoms with van der Waals surface area (Å²) in [5.41, 5.74) is 3.34. The molecule has 2 heterocycles. The number of imidazole rings is 1. The Bertz CT molecular complexity index is 1070. The van der Waals surface area contributed by atoms with E-state index < -0.39 is 0 Å². The smallest absolute Gasteiger partial charge is 0.339 e. The van der Waals surface area contributed by atoms with Crippen LogP contribution in [0.1, 0.15) is 10.4 Å². The van der Waals surface area contributed by atoms with Crippen LogP contribution in [-0.4, -0.2) is 22.5 Å². The van der Waals surface area contributed by atoms with Crippen LogP contribution in [0.5, 0.6) is 0 Å². The molecule has 0 N–H and O–H groups in total. The van der Waals surface area contributed by atoms with Crippen LogP contribution in [0.15, 0.2) is 88.9 Å². The number of methoxy groups -OCH3 is 1. The molecule has 2 aromatic carbocycles. The molecule has 0 fully saturated rings. The minimum atomic E-state index is -0.344. The molecule has 128 valence electrons. The van der Waals surface area contributed by atoms with E-state index in [1.165, 1.54) is 18.9 Å². The monoisotopic (exact) mass is 360 g/mol. The highest BCUT2D eigenvalue weighted by atomic mass is 32.2. The summed E-state index contributed by atoms with van der Waals surface area (Å²) in [5.74, 6) is -0.344. The summed E-state index contributed by atoms with van der Waals surface area (Å²) in [5, 5.41) is 0.961. The summed E-state index contributed by atoms with van der Waals surface area (Å²) < 4.78 is 6.97. The minimum Gasteiger partial charge on any atom is -0.465 e. The normalized spacial score (nSPS) is 10.8. The van der Waals surface area contributed by atoms with Crippen LogP contribution in [0.25, 0.3) is 16.9 Å². The van der Waals surface area contributed by atoms with E-state index in [2.05, 4.69) is 0 Å². The first-order valence-corrected chi connectivity index (χ1v) is 8.97. The van der Waals surface area contributed by atoms with Gasteiger partial charge in [0, 0.05) is 16.7 Å². The summed E-state index contributed by atoms with van der Waals surface area (Å²) >= 11 is 1.52. The number of carbonyl (C=O) groups is 1. The van der Waals surface area contributed by atoms with Crippen molar-refractivity contribution in [3.8, 4) is 11.3 Å². The van der Waals surface area contributed by atoms with Crippen molar-refractivity contribution in [2.75, 3.05) is 7.11 Å². The van der Waals surface area contributed by atoms with E-state index in [1.54, 1.807) is 6.07 Å². The highest BCUT2D eigenvalue weighted by molar-refractivity contribution is 7.99. The molecular formula is C21H16N2O2S. The van der Waals surface area contributed by atoms with Crippen LogP contribution in [0.3, 0.4) is 0 Å². The zero-order valence-electron chi connectivity index (χ0n) is 14.1. The third kappa shape index (κ3) is 2.97. The van der Waals surface area contributed by atoms with Crippen LogP contribution in [0, 0.1) is 0 Å². The Morgan fingerprint density at radius 3 is 2.50 bits per heavy atom. The van der Waals surface area contributed by atoms with Gasteiger partial charge in [-0.05, 0) is 24.3 Å². The Morgan fingerprint density at radius 1 is 0.962 bits per heavy atom. The molecule has 0 bridgehead atoms. The highest BCUT2D eigenvalue weighted by Gasteiger charge is 2.18. The molecule has 0 atom stereocenters. The maximum absolute atomic E-state index is 12.1. The van der Waals surface area contributed by atoms with Crippen LogP contribution < -0.4 is 0 Å². The van der Waals surface area contributed by atoms with Crippen molar-refractivity contribution in [1.82, 2.24) is 9.38 Å². The van der Waals surface area contributed by atoms with Gasteiger partial charge in [-0.15, -0.1) is 0 Å². The molecule has 0 aliphatic heterocycles. The largest absolute Gasteiger partial charge is 0.465 e. The Balaban J connectivity index is 1.88. The lowest BCUT2D eigenvalue weighted by Crippen LogP contribution is -2.02. The second-order valence-electron chi connectivity index (χ2n) is 5.65. The number of aromatic nitrogens is 2. The van der Waals surface area contributed by atoms with Gasteiger partial charge in [0.1, 0.15) is 16.4 Å². The zero-order valence-corrected chi connectivity index (χ0v) is 14.9. The number of carbonyl (C=O) groups excluding carboxylic acids is 1. The third-order valence-corrected chi connectivity index (χ3v) is 5.19. The van der Waals surface area contributed by atoms with Crippen LogP contribution >= 0.6 is 11.8 Å². The lowest BCUT2D eigenvalue weighted by Gasteiger charge is -2.09. The molecule has 4 aromatic rings. The number of fused-ring (bicyclic) bond motifs is 1. The van der Waals surface area contributed by atoms with Crippen molar-refractivity contribution in [2.24, 2.45) is 0 Å². The molecule has 0 aliphatic rings. The molecule has 2 aromatic heterocycles. The van der Waals surface area contributed by atoms with Crippen molar-refractivity contribution in [3.63, 3.8) is 0 Å². The molecular weight excluding hydrogens is 344 g/mol.